The van der Waals surface area contributed by atoms with E-state index < -0.39 is 0 Å². The Balaban J connectivity index is 0.000000158. The van der Waals surface area contributed by atoms with Gasteiger partial charge in [0.15, 0.2) is 0 Å². The number of benzene rings is 1. The highest BCUT2D eigenvalue weighted by molar-refractivity contribution is 4.99. The molecular formula is C14H22O3. The Morgan fingerprint density at radius 3 is 1.35 bits per heavy atom. The van der Waals surface area contributed by atoms with Crippen LogP contribution in [0, 0.1) is 0 Å². The number of hydrogen-bond donors (Lipinski definition) is 0. The van der Waals surface area contributed by atoms with Gasteiger partial charge in [0.25, 0.3) is 0 Å². The average Bonchev–Trinajstić information content (AvgIpc) is 3.30. The molecule has 2 aliphatic heterocycles. The Hall–Kier alpha value is -0.900. The van der Waals surface area contributed by atoms with E-state index in [2.05, 4.69) is 0 Å². The summed E-state index contributed by atoms with van der Waals surface area (Å²) in [6.45, 7) is 7.26. The molecule has 0 aromatic heterocycles. The molecule has 0 amide bonds. The molecule has 2 unspecified atom stereocenters. The molecule has 1 aromatic carbocycles. The number of ether oxygens (including phenoxy) is 3. The molecule has 0 N–H and O–H groups in total. The van der Waals surface area contributed by atoms with E-state index in [1.807, 2.05) is 50.2 Å². The molecule has 1 aromatic rings. The Morgan fingerprint density at radius 1 is 0.824 bits per heavy atom. The number of rotatable bonds is 4. The first-order valence-corrected chi connectivity index (χ1v) is 6.26. The molecule has 2 saturated heterocycles. The van der Waals surface area contributed by atoms with Gasteiger partial charge in [-0.25, -0.2) is 0 Å². The van der Waals surface area contributed by atoms with Crippen LogP contribution < -0.4 is 0 Å². The highest BCUT2D eigenvalue weighted by Gasteiger charge is 2.26. The Morgan fingerprint density at radius 2 is 1.12 bits per heavy atom. The van der Waals surface area contributed by atoms with E-state index >= 15 is 0 Å². The summed E-state index contributed by atoms with van der Waals surface area (Å²) >= 11 is 0. The first-order valence-electron chi connectivity index (χ1n) is 6.26. The van der Waals surface area contributed by atoms with Crippen molar-refractivity contribution >= 4 is 0 Å². The molecule has 17 heavy (non-hydrogen) atoms. The van der Waals surface area contributed by atoms with Crippen LogP contribution in [0.25, 0.3) is 0 Å². The summed E-state index contributed by atoms with van der Waals surface area (Å²) in [5.74, 6) is 0. The highest BCUT2D eigenvalue weighted by atomic mass is 16.6. The maximum absolute atomic E-state index is 5.23. The smallest absolute Gasteiger partial charge is 0.104 e. The third-order valence-electron chi connectivity index (χ3n) is 2.08. The van der Waals surface area contributed by atoms with Gasteiger partial charge in [0.1, 0.15) is 12.2 Å². The SMILES string of the molecule is C(OCC1CO1)C1CO1.CC.c1ccccc1. The van der Waals surface area contributed by atoms with Crippen LogP contribution in [0.1, 0.15) is 13.8 Å². The lowest BCUT2D eigenvalue weighted by Crippen LogP contribution is -2.06. The highest BCUT2D eigenvalue weighted by Crippen LogP contribution is 2.12. The summed E-state index contributed by atoms with van der Waals surface area (Å²) < 4.78 is 15.1. The third kappa shape index (κ3) is 8.86. The first-order chi connectivity index (χ1) is 8.45. The Bertz CT molecular complexity index is 217. The summed E-state index contributed by atoms with van der Waals surface area (Å²) in [5, 5.41) is 0. The quantitative estimate of drug-likeness (QED) is 0.756. The normalized spacial score (nSPS) is 23.6. The zero-order valence-corrected chi connectivity index (χ0v) is 10.7. The van der Waals surface area contributed by atoms with Crippen LogP contribution in [-0.2, 0) is 14.2 Å². The largest absolute Gasteiger partial charge is 0.376 e. The Kier molecular flexibility index (Phi) is 7.63. The second kappa shape index (κ2) is 9.16. The van der Waals surface area contributed by atoms with Gasteiger partial charge in [0.2, 0.25) is 0 Å². The van der Waals surface area contributed by atoms with Crippen molar-refractivity contribution in [3.63, 3.8) is 0 Å². The molecule has 2 aliphatic rings. The molecule has 0 spiro atoms. The number of epoxide rings is 2. The van der Waals surface area contributed by atoms with Gasteiger partial charge in [0.05, 0.1) is 26.4 Å². The van der Waals surface area contributed by atoms with E-state index in [0.717, 1.165) is 26.4 Å². The maximum Gasteiger partial charge on any atom is 0.104 e. The third-order valence-corrected chi connectivity index (χ3v) is 2.08. The summed E-state index contributed by atoms with van der Waals surface area (Å²) in [6, 6.07) is 12.0. The molecule has 3 rings (SSSR count). The van der Waals surface area contributed by atoms with Crippen molar-refractivity contribution in [3.05, 3.63) is 36.4 Å². The van der Waals surface area contributed by atoms with Gasteiger partial charge in [-0.3, -0.25) is 0 Å². The van der Waals surface area contributed by atoms with Crippen LogP contribution in [-0.4, -0.2) is 38.6 Å². The lowest BCUT2D eigenvalue weighted by molar-refractivity contribution is 0.102. The Labute approximate surface area is 104 Å². The fraction of sp³-hybridized carbons (Fsp3) is 0.571. The predicted molar refractivity (Wildman–Crippen MR) is 68.1 cm³/mol. The van der Waals surface area contributed by atoms with Crippen molar-refractivity contribution < 1.29 is 14.2 Å². The van der Waals surface area contributed by atoms with E-state index in [9.17, 15) is 0 Å². The molecule has 2 heterocycles. The van der Waals surface area contributed by atoms with Gasteiger partial charge in [0, 0.05) is 0 Å². The molecule has 0 aliphatic carbocycles. The van der Waals surface area contributed by atoms with Gasteiger partial charge >= 0.3 is 0 Å². The number of hydrogen-bond acceptors (Lipinski definition) is 3. The van der Waals surface area contributed by atoms with Crippen LogP contribution in [0.15, 0.2) is 36.4 Å². The van der Waals surface area contributed by atoms with Crippen molar-refractivity contribution in [2.24, 2.45) is 0 Å². The zero-order chi connectivity index (χ0) is 12.3. The second-order valence-corrected chi connectivity index (χ2v) is 3.60. The fourth-order valence-electron chi connectivity index (χ4n) is 1.04. The van der Waals surface area contributed by atoms with Crippen molar-refractivity contribution in [1.82, 2.24) is 0 Å². The summed E-state index contributed by atoms with van der Waals surface area (Å²) in [7, 11) is 0. The maximum atomic E-state index is 5.23. The average molecular weight is 238 g/mol. The lowest BCUT2D eigenvalue weighted by atomic mass is 10.4. The molecule has 0 saturated carbocycles. The molecule has 3 heteroatoms. The van der Waals surface area contributed by atoms with Crippen molar-refractivity contribution in [3.8, 4) is 0 Å². The lowest BCUT2D eigenvalue weighted by Gasteiger charge is -1.95. The molecule has 0 radical (unpaired) electrons. The van der Waals surface area contributed by atoms with Crippen LogP contribution in [0.5, 0.6) is 0 Å². The van der Waals surface area contributed by atoms with Crippen LogP contribution in [0.3, 0.4) is 0 Å². The second-order valence-electron chi connectivity index (χ2n) is 3.60. The van der Waals surface area contributed by atoms with Crippen molar-refractivity contribution in [1.29, 1.82) is 0 Å². The first kappa shape index (κ1) is 14.2. The van der Waals surface area contributed by atoms with Crippen molar-refractivity contribution in [2.45, 2.75) is 26.1 Å². The molecule has 2 atom stereocenters. The topological polar surface area (TPSA) is 34.3 Å². The molecule has 96 valence electrons. The molecule has 2 fully saturated rings. The van der Waals surface area contributed by atoms with Gasteiger partial charge in [-0.1, -0.05) is 50.2 Å². The van der Waals surface area contributed by atoms with Crippen molar-refractivity contribution in [2.75, 3.05) is 26.4 Å². The molecular weight excluding hydrogens is 216 g/mol. The van der Waals surface area contributed by atoms with E-state index in [4.69, 9.17) is 14.2 Å². The molecule has 0 bridgehead atoms. The zero-order valence-electron chi connectivity index (χ0n) is 10.7. The summed E-state index contributed by atoms with van der Waals surface area (Å²) in [5.41, 5.74) is 0. The minimum Gasteiger partial charge on any atom is -0.376 e. The van der Waals surface area contributed by atoms with Crippen LogP contribution in [0.2, 0.25) is 0 Å². The van der Waals surface area contributed by atoms with E-state index in [1.54, 1.807) is 0 Å². The monoisotopic (exact) mass is 238 g/mol. The minimum absolute atomic E-state index is 0.392. The van der Waals surface area contributed by atoms with Gasteiger partial charge < -0.3 is 14.2 Å². The summed E-state index contributed by atoms with van der Waals surface area (Å²) in [6.07, 6.45) is 0.785. The standard InChI is InChI=1S/C6H10O3.C6H6.C2H6/c1(5-3-8-5)7-2-6-4-9-6;1-2-4-6-5-3-1;1-2/h5-6H,1-4H2;1-6H;1-2H3. The van der Waals surface area contributed by atoms with E-state index in [0.29, 0.717) is 12.2 Å². The fourth-order valence-corrected chi connectivity index (χ4v) is 1.04. The van der Waals surface area contributed by atoms with Crippen LogP contribution >= 0.6 is 0 Å². The van der Waals surface area contributed by atoms with Gasteiger partial charge in [-0.05, 0) is 0 Å². The van der Waals surface area contributed by atoms with Crippen LogP contribution in [0.4, 0.5) is 0 Å². The van der Waals surface area contributed by atoms with E-state index in [-0.39, 0.29) is 0 Å². The van der Waals surface area contributed by atoms with E-state index in [1.165, 1.54) is 0 Å². The van der Waals surface area contributed by atoms with Gasteiger partial charge in [-0.2, -0.15) is 0 Å². The predicted octanol–water partition coefficient (Wildman–Crippen LogP) is 2.51. The molecule has 3 nitrogen and oxygen atoms in total. The van der Waals surface area contributed by atoms with Gasteiger partial charge in [-0.15, -0.1) is 0 Å². The summed E-state index contributed by atoms with van der Waals surface area (Å²) in [4.78, 5) is 0. The minimum atomic E-state index is 0.392.